The fraction of sp³-hybridized carbons (Fsp3) is 0.556. The summed E-state index contributed by atoms with van der Waals surface area (Å²) < 4.78 is 51.0. The first-order chi connectivity index (χ1) is 11.1. The Bertz CT molecular complexity index is 799. The summed E-state index contributed by atoms with van der Waals surface area (Å²) in [6.07, 6.45) is -13.1. The average molecular weight is 327 g/mol. The highest BCUT2D eigenvalue weighted by Gasteiger charge is 2.44. The lowest BCUT2D eigenvalue weighted by Gasteiger charge is -2.16. The summed E-state index contributed by atoms with van der Waals surface area (Å²) in [7, 11) is -5.18. The number of rotatable bonds is 4. The van der Waals surface area contributed by atoms with E-state index in [1.54, 1.807) is 0 Å². The van der Waals surface area contributed by atoms with Crippen molar-refractivity contribution in [2.75, 3.05) is 12.3 Å². The quantitative estimate of drug-likeness (QED) is 0.373. The van der Waals surface area contributed by atoms with Crippen LogP contribution in [0.25, 0.3) is 0 Å². The summed E-state index contributed by atoms with van der Waals surface area (Å²) in [5, 5.41) is 20.3. The zero-order valence-corrected chi connectivity index (χ0v) is 11.1. The molecule has 2 rings (SSSR count). The lowest BCUT2D eigenvalue weighted by atomic mass is 10.1. The van der Waals surface area contributed by atoms with Crippen LogP contribution in [0.2, 0.25) is 0 Å². The van der Waals surface area contributed by atoms with Crippen molar-refractivity contribution in [2.45, 2.75) is 24.4 Å². The van der Waals surface area contributed by atoms with Crippen LogP contribution in [0.15, 0.2) is 17.1 Å². The standard InChI is InChI=1S/C9H14N3O8P/c10-5-1-2-12(9(15)11-5)8-7(14)6(13)4(20-8)3-19-21(16,17)18/h1-2,4,6-8,13-14H,3H2,(H2,10,11,15)(H2,16,17,18)/t4-,6-,7-,8-/m1/s1/i4D,6D,7D,8D. The van der Waals surface area contributed by atoms with Gasteiger partial charge in [-0.15, -0.1) is 0 Å². The number of hydrogen-bond donors (Lipinski definition) is 5. The second-order valence-corrected chi connectivity index (χ2v) is 5.04. The molecule has 1 aromatic heterocycles. The van der Waals surface area contributed by atoms with Gasteiger partial charge in [0.15, 0.2) is 6.20 Å². The Hall–Kier alpha value is -1.33. The normalized spacial score (nSPS) is 46.5. The molecule has 12 heteroatoms. The van der Waals surface area contributed by atoms with Crippen LogP contribution in [0, 0.1) is 0 Å². The number of ether oxygens (including phenoxy) is 1. The van der Waals surface area contributed by atoms with Crippen LogP contribution in [-0.2, 0) is 13.8 Å². The predicted molar refractivity (Wildman–Crippen MR) is 66.8 cm³/mol. The average Bonchev–Trinajstić information content (AvgIpc) is 2.53. The second kappa shape index (κ2) is 5.81. The van der Waals surface area contributed by atoms with Crippen molar-refractivity contribution in [3.8, 4) is 0 Å². The van der Waals surface area contributed by atoms with Gasteiger partial charge in [-0.2, -0.15) is 4.98 Å². The van der Waals surface area contributed by atoms with Crippen molar-refractivity contribution in [1.82, 2.24) is 9.55 Å². The number of hydrogen-bond acceptors (Lipinski definition) is 8. The van der Waals surface area contributed by atoms with E-state index in [1.165, 1.54) is 0 Å². The Morgan fingerprint density at radius 1 is 1.52 bits per heavy atom. The molecule has 0 radical (unpaired) electrons. The highest BCUT2D eigenvalue weighted by Crippen LogP contribution is 2.38. The van der Waals surface area contributed by atoms with Crippen LogP contribution >= 0.6 is 7.82 Å². The van der Waals surface area contributed by atoms with E-state index in [-0.39, 0.29) is 10.4 Å². The zero-order chi connectivity index (χ0) is 19.5. The Balaban J connectivity index is 2.58. The summed E-state index contributed by atoms with van der Waals surface area (Å²) in [5.41, 5.74) is 3.96. The number of nitrogen functional groups attached to an aromatic ring is 1. The molecule has 11 nitrogen and oxygen atoms in total. The van der Waals surface area contributed by atoms with Crippen molar-refractivity contribution in [3.05, 3.63) is 22.7 Å². The van der Waals surface area contributed by atoms with Crippen LogP contribution in [0.3, 0.4) is 0 Å². The van der Waals surface area contributed by atoms with E-state index >= 15 is 0 Å². The number of phosphoric acid groups is 1. The molecule has 0 saturated carbocycles. The van der Waals surface area contributed by atoms with Crippen LogP contribution in [-0.4, -0.2) is 54.4 Å². The zero-order valence-electron chi connectivity index (χ0n) is 14.2. The van der Waals surface area contributed by atoms with Gasteiger partial charge < -0.3 is 30.5 Å². The predicted octanol–water partition coefficient (Wildman–Crippen LogP) is -2.45. The SMILES string of the molecule is [2H][C@]1(O)[C@@]([2H])(O)[C@]([2H])(n2ccc(N)nc2=O)O[C@]1([2H])COP(=O)(O)O. The first-order valence-corrected chi connectivity index (χ1v) is 6.81. The molecule has 1 aliphatic rings. The van der Waals surface area contributed by atoms with Crippen LogP contribution in [0.4, 0.5) is 5.82 Å². The molecule has 1 aromatic rings. The maximum absolute atomic E-state index is 11.9. The van der Waals surface area contributed by atoms with Gasteiger partial charge in [0.1, 0.15) is 24.1 Å². The van der Waals surface area contributed by atoms with Crippen molar-refractivity contribution in [2.24, 2.45) is 0 Å². The molecule has 21 heavy (non-hydrogen) atoms. The minimum Gasteiger partial charge on any atom is -0.387 e. The highest BCUT2D eigenvalue weighted by atomic mass is 31.2. The van der Waals surface area contributed by atoms with E-state index in [0.717, 1.165) is 12.3 Å². The molecule has 6 N–H and O–H groups in total. The number of nitrogens with two attached hydrogens (primary N) is 1. The van der Waals surface area contributed by atoms with E-state index in [1.807, 2.05) is 0 Å². The molecule has 4 atom stereocenters. The minimum absolute atomic E-state index is 0.184. The van der Waals surface area contributed by atoms with E-state index < -0.39 is 44.6 Å². The molecular weight excluding hydrogens is 309 g/mol. The van der Waals surface area contributed by atoms with E-state index in [0.29, 0.717) is 0 Å². The maximum atomic E-state index is 11.9. The van der Waals surface area contributed by atoms with E-state index in [4.69, 9.17) is 25.7 Å². The highest BCUT2D eigenvalue weighted by molar-refractivity contribution is 7.46. The summed E-state index contributed by atoms with van der Waals surface area (Å²) >= 11 is 0. The van der Waals surface area contributed by atoms with Gasteiger partial charge >= 0.3 is 13.5 Å². The Kier molecular flexibility index (Phi) is 3.12. The third-order valence-corrected chi connectivity index (χ3v) is 2.78. The Morgan fingerprint density at radius 2 is 2.19 bits per heavy atom. The summed E-state index contributed by atoms with van der Waals surface area (Å²) in [6, 6.07) is 0.982. The van der Waals surface area contributed by atoms with E-state index in [2.05, 4.69) is 9.51 Å². The Labute approximate surface area is 123 Å². The van der Waals surface area contributed by atoms with Crippen LogP contribution in [0.1, 0.15) is 11.7 Å². The van der Waals surface area contributed by atoms with Gasteiger partial charge in [-0.1, -0.05) is 0 Å². The molecule has 1 saturated heterocycles. The summed E-state index contributed by atoms with van der Waals surface area (Å²) in [4.78, 5) is 32.5. The van der Waals surface area contributed by atoms with E-state index in [9.17, 15) is 19.6 Å². The molecule has 2 heterocycles. The molecular formula is C9H14N3O8P. The molecule has 0 bridgehead atoms. The molecule has 0 aliphatic carbocycles. The number of aromatic nitrogens is 2. The monoisotopic (exact) mass is 327 g/mol. The Morgan fingerprint density at radius 3 is 2.76 bits per heavy atom. The molecule has 1 aliphatic heterocycles. The summed E-state index contributed by atoms with van der Waals surface area (Å²) in [6.45, 7) is -1.50. The topological polar surface area (TPSA) is 177 Å². The van der Waals surface area contributed by atoms with Crippen LogP contribution < -0.4 is 11.4 Å². The van der Waals surface area contributed by atoms with Crippen LogP contribution in [0.5, 0.6) is 0 Å². The van der Waals surface area contributed by atoms with Crippen molar-refractivity contribution >= 4 is 13.6 Å². The number of anilines is 1. The van der Waals surface area contributed by atoms with Gasteiger partial charge in [0, 0.05) is 6.20 Å². The van der Waals surface area contributed by atoms with Gasteiger partial charge in [-0.3, -0.25) is 9.09 Å². The maximum Gasteiger partial charge on any atom is 0.469 e. The molecule has 0 unspecified atom stereocenters. The molecule has 0 amide bonds. The smallest absolute Gasteiger partial charge is 0.387 e. The molecule has 1 fully saturated rings. The van der Waals surface area contributed by atoms with Crippen molar-refractivity contribution < 1.29 is 39.3 Å². The van der Waals surface area contributed by atoms with Gasteiger partial charge in [0.25, 0.3) is 0 Å². The van der Waals surface area contributed by atoms with Crippen molar-refractivity contribution in [3.63, 3.8) is 0 Å². The lowest BCUT2D eigenvalue weighted by molar-refractivity contribution is -0.0542. The first-order valence-electron chi connectivity index (χ1n) is 7.28. The largest absolute Gasteiger partial charge is 0.469 e. The van der Waals surface area contributed by atoms with Crippen molar-refractivity contribution in [1.29, 1.82) is 0 Å². The fourth-order valence-corrected chi connectivity index (χ4v) is 1.71. The summed E-state index contributed by atoms with van der Waals surface area (Å²) in [5.74, 6) is -0.278. The van der Waals surface area contributed by atoms with Gasteiger partial charge in [-0.25, -0.2) is 9.36 Å². The van der Waals surface area contributed by atoms with Gasteiger partial charge in [-0.05, 0) is 6.07 Å². The van der Waals surface area contributed by atoms with Gasteiger partial charge in [0.05, 0.1) is 12.1 Å². The van der Waals surface area contributed by atoms with Gasteiger partial charge in [0.2, 0.25) is 0 Å². The number of nitrogens with zero attached hydrogens (tertiary/aromatic N) is 2. The third kappa shape index (κ3) is 3.66. The number of aliphatic hydroxyl groups is 2. The fourth-order valence-electron chi connectivity index (χ4n) is 1.42. The third-order valence-electron chi connectivity index (χ3n) is 2.32. The first kappa shape index (κ1) is 11.3. The molecule has 0 spiro atoms. The molecule has 0 aromatic carbocycles. The minimum atomic E-state index is -5.18. The lowest BCUT2D eigenvalue weighted by Crippen LogP contribution is -2.36. The molecule has 118 valence electrons. The second-order valence-electron chi connectivity index (χ2n) is 3.80. The number of phosphoric ester groups is 1.